The topological polar surface area (TPSA) is 80.7 Å². The van der Waals surface area contributed by atoms with Gasteiger partial charge in [-0.3, -0.25) is 14.4 Å². The van der Waals surface area contributed by atoms with E-state index in [9.17, 15) is 19.5 Å². The molecular weight excluding hydrogens is 392 g/mol. The maximum absolute atomic E-state index is 13.2. The molecule has 5 nitrogen and oxygen atoms in total. The second kappa shape index (κ2) is 8.45. The molecule has 0 aromatic heterocycles. The van der Waals surface area contributed by atoms with Crippen LogP contribution in [0.4, 0.5) is 0 Å². The summed E-state index contributed by atoms with van der Waals surface area (Å²) in [6.07, 6.45) is 2.75. The van der Waals surface area contributed by atoms with Crippen LogP contribution in [0.2, 0.25) is 0 Å². The van der Waals surface area contributed by atoms with Gasteiger partial charge in [-0.05, 0) is 28.5 Å². The minimum Gasteiger partial charge on any atom is -0.512 e. The fourth-order valence-corrected chi connectivity index (χ4v) is 4.91. The molecule has 1 atom stereocenters. The number of aliphatic hydroxyl groups excluding tert-OH is 1. The molecule has 0 unspecified atom stereocenters. The number of benzene rings is 1. The van der Waals surface area contributed by atoms with Gasteiger partial charge in [-0.15, -0.1) is 0 Å². The first-order valence-electron chi connectivity index (χ1n) is 10.8. The lowest BCUT2D eigenvalue weighted by atomic mass is 9.62. The Kier molecular flexibility index (Phi) is 6.26. The summed E-state index contributed by atoms with van der Waals surface area (Å²) < 4.78 is 5.64. The Balaban J connectivity index is 2.14. The molecule has 0 heterocycles. The molecule has 3 rings (SSSR count). The molecule has 1 aromatic carbocycles. The Hall–Kier alpha value is -2.69. The van der Waals surface area contributed by atoms with Gasteiger partial charge in [0.2, 0.25) is 0 Å². The highest BCUT2D eigenvalue weighted by Crippen LogP contribution is 2.47. The Morgan fingerprint density at radius 1 is 1.06 bits per heavy atom. The van der Waals surface area contributed by atoms with E-state index in [1.54, 1.807) is 30.3 Å². The van der Waals surface area contributed by atoms with Crippen LogP contribution in [0.5, 0.6) is 5.75 Å². The van der Waals surface area contributed by atoms with Gasteiger partial charge in [-0.1, -0.05) is 52.5 Å². The Morgan fingerprint density at radius 2 is 1.68 bits per heavy atom. The van der Waals surface area contributed by atoms with Crippen LogP contribution in [-0.2, 0) is 14.4 Å². The highest BCUT2D eigenvalue weighted by atomic mass is 16.5. The summed E-state index contributed by atoms with van der Waals surface area (Å²) in [5.41, 5.74) is 0.0560. The molecule has 0 saturated heterocycles. The summed E-state index contributed by atoms with van der Waals surface area (Å²) in [5, 5.41) is 10.9. The van der Waals surface area contributed by atoms with E-state index in [1.165, 1.54) is 0 Å². The molecule has 166 valence electrons. The van der Waals surface area contributed by atoms with Gasteiger partial charge in [0.25, 0.3) is 0 Å². The standard InChI is InChI=1S/C26H32O5/c1-6-10-31-17-9-7-8-16(11-17)22(23-18(27)12-25(2,3)13-19(23)28)24-20(29)14-26(4,5)15-21(24)30/h6-9,11,22-23,29H,1,10,12-15H2,2-5H3/t22-/m0/s1. The monoisotopic (exact) mass is 424 g/mol. The molecule has 0 amide bonds. The molecule has 2 aliphatic carbocycles. The molecule has 0 bridgehead atoms. The van der Waals surface area contributed by atoms with Gasteiger partial charge in [-0.25, -0.2) is 0 Å². The zero-order valence-corrected chi connectivity index (χ0v) is 18.9. The number of ketones is 3. The molecule has 0 radical (unpaired) electrons. The smallest absolute Gasteiger partial charge is 0.163 e. The lowest BCUT2D eigenvalue weighted by Gasteiger charge is -2.39. The van der Waals surface area contributed by atoms with Crippen LogP contribution in [0.15, 0.2) is 48.3 Å². The van der Waals surface area contributed by atoms with E-state index in [1.807, 2.05) is 27.7 Å². The summed E-state index contributed by atoms with van der Waals surface area (Å²) >= 11 is 0. The maximum atomic E-state index is 13.2. The fourth-order valence-electron chi connectivity index (χ4n) is 4.91. The average Bonchev–Trinajstić information content (AvgIpc) is 2.62. The predicted molar refractivity (Wildman–Crippen MR) is 119 cm³/mol. The van der Waals surface area contributed by atoms with Crippen molar-refractivity contribution in [1.82, 2.24) is 0 Å². The van der Waals surface area contributed by atoms with Crippen molar-refractivity contribution in [1.29, 1.82) is 0 Å². The van der Waals surface area contributed by atoms with Crippen LogP contribution in [-0.4, -0.2) is 29.1 Å². The molecule has 1 N–H and O–H groups in total. The number of carbonyl (C=O) groups excluding carboxylic acids is 3. The molecule has 1 fully saturated rings. The van der Waals surface area contributed by atoms with Crippen LogP contribution in [0.1, 0.15) is 64.9 Å². The van der Waals surface area contributed by atoms with Crippen molar-refractivity contribution < 1.29 is 24.2 Å². The first kappa shape index (κ1) is 23.0. The van der Waals surface area contributed by atoms with Gasteiger partial charge in [0.15, 0.2) is 5.78 Å². The van der Waals surface area contributed by atoms with Gasteiger partial charge in [0, 0.05) is 37.2 Å². The molecule has 0 aliphatic heterocycles. The fraction of sp³-hybridized carbons (Fsp3) is 0.500. The van der Waals surface area contributed by atoms with Gasteiger partial charge in [0.1, 0.15) is 29.7 Å². The summed E-state index contributed by atoms with van der Waals surface area (Å²) in [7, 11) is 0. The number of hydrogen-bond donors (Lipinski definition) is 1. The number of hydrogen-bond acceptors (Lipinski definition) is 5. The highest BCUT2D eigenvalue weighted by molar-refractivity contribution is 6.09. The summed E-state index contributed by atoms with van der Waals surface area (Å²) in [6, 6.07) is 7.09. The van der Waals surface area contributed by atoms with Crippen LogP contribution < -0.4 is 4.74 Å². The predicted octanol–water partition coefficient (Wildman–Crippen LogP) is 5.11. The number of carbonyl (C=O) groups is 3. The van der Waals surface area contributed by atoms with Crippen LogP contribution in [0, 0.1) is 16.7 Å². The molecular formula is C26H32O5. The Bertz CT molecular complexity index is 930. The summed E-state index contributed by atoms with van der Waals surface area (Å²) in [5.74, 6) is -1.82. The normalized spacial score (nSPS) is 22.4. The third-order valence-corrected chi connectivity index (χ3v) is 6.13. The number of allylic oxidation sites excluding steroid dienone is 2. The maximum Gasteiger partial charge on any atom is 0.163 e. The van der Waals surface area contributed by atoms with E-state index in [0.29, 0.717) is 24.3 Å². The number of ether oxygens (including phenoxy) is 1. The largest absolute Gasteiger partial charge is 0.512 e. The molecule has 5 heteroatoms. The summed E-state index contributed by atoms with van der Waals surface area (Å²) in [6.45, 7) is 11.6. The first-order chi connectivity index (χ1) is 14.4. The van der Waals surface area contributed by atoms with Crippen LogP contribution in [0.3, 0.4) is 0 Å². The molecule has 0 spiro atoms. The lowest BCUT2D eigenvalue weighted by molar-refractivity contribution is -0.140. The Labute approximate surface area is 184 Å². The van der Waals surface area contributed by atoms with Crippen molar-refractivity contribution in [2.75, 3.05) is 6.61 Å². The molecule has 1 aromatic rings. The minimum absolute atomic E-state index is 0.0194. The van der Waals surface area contributed by atoms with Gasteiger partial charge in [-0.2, -0.15) is 0 Å². The van der Waals surface area contributed by atoms with E-state index in [-0.39, 0.29) is 53.4 Å². The average molecular weight is 425 g/mol. The van der Waals surface area contributed by atoms with Crippen molar-refractivity contribution in [2.45, 2.75) is 59.3 Å². The van der Waals surface area contributed by atoms with Gasteiger partial charge >= 0.3 is 0 Å². The molecule has 2 aliphatic rings. The number of rotatable bonds is 6. The van der Waals surface area contributed by atoms with Crippen LogP contribution in [0.25, 0.3) is 0 Å². The van der Waals surface area contributed by atoms with Crippen LogP contribution >= 0.6 is 0 Å². The van der Waals surface area contributed by atoms with E-state index >= 15 is 0 Å². The first-order valence-corrected chi connectivity index (χ1v) is 10.8. The van der Waals surface area contributed by atoms with Crippen molar-refractivity contribution in [2.24, 2.45) is 16.7 Å². The van der Waals surface area contributed by atoms with E-state index in [2.05, 4.69) is 6.58 Å². The summed E-state index contributed by atoms with van der Waals surface area (Å²) in [4.78, 5) is 39.6. The van der Waals surface area contributed by atoms with Gasteiger partial charge < -0.3 is 9.84 Å². The third-order valence-electron chi connectivity index (χ3n) is 6.13. The molecule has 1 saturated carbocycles. The lowest BCUT2D eigenvalue weighted by Crippen LogP contribution is -2.43. The quantitative estimate of drug-likeness (QED) is 0.507. The van der Waals surface area contributed by atoms with E-state index in [4.69, 9.17) is 4.74 Å². The van der Waals surface area contributed by atoms with E-state index in [0.717, 1.165) is 0 Å². The van der Waals surface area contributed by atoms with E-state index < -0.39 is 17.3 Å². The zero-order chi connectivity index (χ0) is 23.0. The van der Waals surface area contributed by atoms with Gasteiger partial charge in [0.05, 0.1) is 5.92 Å². The second-order valence-corrected chi connectivity index (χ2v) is 10.4. The Morgan fingerprint density at radius 3 is 2.26 bits per heavy atom. The molecule has 31 heavy (non-hydrogen) atoms. The minimum atomic E-state index is -0.981. The van der Waals surface area contributed by atoms with Crippen molar-refractivity contribution in [3.63, 3.8) is 0 Å². The van der Waals surface area contributed by atoms with Crippen molar-refractivity contribution >= 4 is 17.3 Å². The highest BCUT2D eigenvalue weighted by Gasteiger charge is 2.48. The third kappa shape index (κ3) is 4.97. The van der Waals surface area contributed by atoms with Crippen molar-refractivity contribution in [3.05, 3.63) is 53.8 Å². The number of aliphatic hydroxyl groups is 1. The van der Waals surface area contributed by atoms with Crippen molar-refractivity contribution in [3.8, 4) is 5.75 Å². The zero-order valence-electron chi connectivity index (χ0n) is 18.9. The SMILES string of the molecule is C=CCOc1cccc([C@H](C2=C(O)CC(C)(C)CC2=O)C2C(=O)CC(C)(C)CC2=O)c1. The number of Topliss-reactive ketones (excluding diaryl/α,β-unsaturated/α-hetero) is 3. The second-order valence-electron chi connectivity index (χ2n) is 10.4.